The molecule has 0 N–H and O–H groups in total. The molecular formula is C17H19IO4S2. The quantitative estimate of drug-likeness (QED) is 0.472. The van der Waals surface area contributed by atoms with Crippen LogP contribution in [0.15, 0.2) is 58.3 Å². The van der Waals surface area contributed by atoms with Crippen LogP contribution >= 0.6 is 22.6 Å². The molecule has 0 amide bonds. The largest absolute Gasteiger partial charge is 0.224 e. The van der Waals surface area contributed by atoms with E-state index in [0.29, 0.717) is 0 Å². The van der Waals surface area contributed by atoms with Gasteiger partial charge < -0.3 is 0 Å². The number of hydrogen-bond acceptors (Lipinski definition) is 4. The monoisotopic (exact) mass is 478 g/mol. The molecule has 0 radical (unpaired) electrons. The summed E-state index contributed by atoms with van der Waals surface area (Å²) in [6, 6.07) is 13.2. The predicted octanol–water partition coefficient (Wildman–Crippen LogP) is 3.35. The van der Waals surface area contributed by atoms with E-state index in [2.05, 4.69) is 0 Å². The van der Waals surface area contributed by atoms with Gasteiger partial charge >= 0.3 is 0 Å². The van der Waals surface area contributed by atoms with Crippen molar-refractivity contribution in [3.05, 3.63) is 59.7 Å². The third kappa shape index (κ3) is 5.03. The average molecular weight is 478 g/mol. The number of hydrogen-bond donors (Lipinski definition) is 0. The minimum absolute atomic E-state index is 0.207. The van der Waals surface area contributed by atoms with Crippen molar-refractivity contribution in [1.82, 2.24) is 0 Å². The number of halogens is 1. The lowest BCUT2D eigenvalue weighted by Crippen LogP contribution is -2.24. The van der Waals surface area contributed by atoms with Crippen LogP contribution in [-0.2, 0) is 19.7 Å². The van der Waals surface area contributed by atoms with Gasteiger partial charge in [-0.25, -0.2) is 16.8 Å². The Morgan fingerprint density at radius 1 is 0.708 bits per heavy atom. The van der Waals surface area contributed by atoms with Gasteiger partial charge in [0.05, 0.1) is 21.3 Å². The first-order valence-electron chi connectivity index (χ1n) is 7.33. The van der Waals surface area contributed by atoms with Gasteiger partial charge in [0.15, 0.2) is 19.7 Å². The number of benzene rings is 2. The molecule has 2 aromatic rings. The molecule has 24 heavy (non-hydrogen) atoms. The molecule has 2 aromatic carbocycles. The van der Waals surface area contributed by atoms with Crippen LogP contribution in [0.2, 0.25) is 0 Å². The molecule has 4 nitrogen and oxygen atoms in total. The lowest BCUT2D eigenvalue weighted by atomic mass is 10.2. The molecule has 0 unspecified atom stereocenters. The van der Waals surface area contributed by atoms with E-state index in [1.165, 1.54) is 0 Å². The Hall–Kier alpha value is -0.930. The van der Waals surface area contributed by atoms with E-state index in [0.717, 1.165) is 11.1 Å². The van der Waals surface area contributed by atoms with Gasteiger partial charge in [0, 0.05) is 3.92 Å². The third-order valence-electron chi connectivity index (χ3n) is 3.56. The van der Waals surface area contributed by atoms with Crippen molar-refractivity contribution in [3.63, 3.8) is 0 Å². The number of aryl methyl sites for hydroxylation is 2. The number of rotatable bonds is 6. The Labute approximate surface area is 157 Å². The minimum Gasteiger partial charge on any atom is -0.224 e. The fraction of sp³-hybridized carbons (Fsp3) is 0.294. The molecule has 0 heterocycles. The Morgan fingerprint density at radius 2 is 1.00 bits per heavy atom. The summed E-state index contributed by atoms with van der Waals surface area (Å²) in [5.74, 6) is -0.413. The number of alkyl halides is 1. The zero-order valence-corrected chi connectivity index (χ0v) is 17.2. The molecule has 0 aromatic heterocycles. The highest BCUT2D eigenvalue weighted by Gasteiger charge is 2.25. The Balaban J connectivity index is 2.13. The van der Waals surface area contributed by atoms with E-state index in [1.54, 1.807) is 48.5 Å². The van der Waals surface area contributed by atoms with E-state index in [1.807, 2.05) is 36.4 Å². The minimum atomic E-state index is -3.51. The molecule has 0 spiro atoms. The SMILES string of the molecule is Cc1ccc(S(=O)(=O)CC(I)CS(=O)(=O)c2ccc(C)cc2)cc1. The maximum Gasteiger partial charge on any atom is 0.179 e. The van der Waals surface area contributed by atoms with Crippen molar-refractivity contribution < 1.29 is 16.8 Å². The molecule has 0 bridgehead atoms. The second kappa shape index (κ2) is 7.53. The van der Waals surface area contributed by atoms with E-state index in [9.17, 15) is 16.8 Å². The first-order chi connectivity index (χ1) is 11.1. The van der Waals surface area contributed by atoms with Crippen LogP contribution in [0.25, 0.3) is 0 Å². The Morgan fingerprint density at radius 3 is 1.29 bits per heavy atom. The summed E-state index contributed by atoms with van der Waals surface area (Å²) in [4.78, 5) is 0.449. The molecule has 7 heteroatoms. The maximum absolute atomic E-state index is 12.4. The van der Waals surface area contributed by atoms with Crippen LogP contribution in [0.4, 0.5) is 0 Å². The van der Waals surface area contributed by atoms with Gasteiger partial charge in [-0.05, 0) is 38.1 Å². The highest BCUT2D eigenvalue weighted by atomic mass is 127. The summed E-state index contributed by atoms with van der Waals surface area (Å²) >= 11 is 1.90. The van der Waals surface area contributed by atoms with Crippen molar-refractivity contribution in [3.8, 4) is 0 Å². The van der Waals surface area contributed by atoms with Crippen LogP contribution in [0.1, 0.15) is 11.1 Å². The highest BCUT2D eigenvalue weighted by Crippen LogP contribution is 2.20. The second-order valence-electron chi connectivity index (χ2n) is 5.79. The number of sulfone groups is 2. The van der Waals surface area contributed by atoms with Crippen molar-refractivity contribution >= 4 is 42.3 Å². The van der Waals surface area contributed by atoms with Crippen molar-refractivity contribution in [1.29, 1.82) is 0 Å². The molecule has 0 aliphatic carbocycles. The molecule has 0 saturated heterocycles. The molecule has 0 atom stereocenters. The van der Waals surface area contributed by atoms with Gasteiger partial charge in [-0.2, -0.15) is 0 Å². The highest BCUT2D eigenvalue weighted by molar-refractivity contribution is 14.1. The van der Waals surface area contributed by atoms with Crippen LogP contribution < -0.4 is 0 Å². The molecule has 130 valence electrons. The predicted molar refractivity (Wildman–Crippen MR) is 104 cm³/mol. The van der Waals surface area contributed by atoms with Gasteiger partial charge in [-0.15, -0.1) is 0 Å². The van der Waals surface area contributed by atoms with Gasteiger partial charge in [-0.1, -0.05) is 58.0 Å². The normalized spacial score (nSPS) is 12.5. The van der Waals surface area contributed by atoms with Crippen molar-refractivity contribution in [2.24, 2.45) is 0 Å². The molecule has 0 aliphatic rings. The van der Waals surface area contributed by atoms with Crippen LogP contribution in [-0.4, -0.2) is 32.3 Å². The Kier molecular flexibility index (Phi) is 6.09. The first-order valence-corrected chi connectivity index (χ1v) is 11.9. The fourth-order valence-electron chi connectivity index (χ4n) is 2.21. The van der Waals surface area contributed by atoms with Crippen molar-refractivity contribution in [2.75, 3.05) is 11.5 Å². The van der Waals surface area contributed by atoms with Crippen LogP contribution in [0.3, 0.4) is 0 Å². The smallest absolute Gasteiger partial charge is 0.179 e. The summed E-state index contributed by atoms with van der Waals surface area (Å²) in [5, 5.41) is 0. The third-order valence-corrected chi connectivity index (χ3v) is 9.30. The zero-order valence-electron chi connectivity index (χ0n) is 13.4. The molecule has 0 saturated carbocycles. The second-order valence-corrected chi connectivity index (χ2v) is 11.6. The molecule has 0 aliphatic heterocycles. The van der Waals surface area contributed by atoms with E-state index >= 15 is 0 Å². The van der Waals surface area contributed by atoms with Crippen LogP contribution in [0, 0.1) is 13.8 Å². The lowest BCUT2D eigenvalue weighted by molar-refractivity contribution is 0.592. The van der Waals surface area contributed by atoms with Gasteiger partial charge in [0.1, 0.15) is 0 Å². The topological polar surface area (TPSA) is 68.3 Å². The van der Waals surface area contributed by atoms with Gasteiger partial charge in [-0.3, -0.25) is 0 Å². The summed E-state index contributed by atoms with van der Waals surface area (Å²) in [6.07, 6.45) is 0. The van der Waals surface area contributed by atoms with Gasteiger partial charge in [0.2, 0.25) is 0 Å². The van der Waals surface area contributed by atoms with E-state index in [-0.39, 0.29) is 21.3 Å². The lowest BCUT2D eigenvalue weighted by Gasteiger charge is -2.12. The summed E-state index contributed by atoms with van der Waals surface area (Å²) in [5.41, 5.74) is 1.95. The molecule has 2 rings (SSSR count). The van der Waals surface area contributed by atoms with Gasteiger partial charge in [0.25, 0.3) is 0 Å². The van der Waals surface area contributed by atoms with Crippen LogP contribution in [0.5, 0.6) is 0 Å². The summed E-state index contributed by atoms with van der Waals surface area (Å²) in [7, 11) is -7.02. The Bertz CT molecular complexity index is 823. The molecular weight excluding hydrogens is 459 g/mol. The zero-order chi connectivity index (χ0) is 18.0. The summed E-state index contributed by atoms with van der Waals surface area (Å²) < 4.78 is 49.2. The van der Waals surface area contributed by atoms with E-state index in [4.69, 9.17) is 0 Å². The summed E-state index contributed by atoms with van der Waals surface area (Å²) in [6.45, 7) is 3.76. The van der Waals surface area contributed by atoms with E-state index < -0.39 is 23.6 Å². The fourth-order valence-corrected chi connectivity index (χ4v) is 7.87. The molecule has 0 fully saturated rings. The first kappa shape index (κ1) is 19.4. The van der Waals surface area contributed by atoms with Crippen molar-refractivity contribution in [2.45, 2.75) is 27.6 Å². The maximum atomic E-state index is 12.4. The average Bonchev–Trinajstić information content (AvgIpc) is 2.46. The standard InChI is InChI=1S/C17H19IO4S2/c1-13-3-7-16(8-4-13)23(19,20)11-15(18)12-24(21,22)17-9-5-14(2)6-10-17/h3-10,15H,11-12H2,1-2H3.